The number of anilines is 3. The standard InChI is InChI=1S/C29H36N6O6/c1-17-14-35(18(2)16-36)27(37)22-12-9-13-23(31-28(38)32-25-19(3)33-41-20(25)4)26(22)40-24(17)15-34(5)29(39)30-21-10-7-6-8-11-21/h6-13,17-18,24,36H,14-16H2,1-5H3,(H,30,39)(H2,31,32,38)/t17-,18-,24+/m1/s1. The second-order valence-corrected chi connectivity index (χ2v) is 10.3. The van der Waals surface area contributed by atoms with E-state index in [4.69, 9.17) is 9.26 Å². The van der Waals surface area contributed by atoms with E-state index < -0.39 is 18.2 Å². The van der Waals surface area contributed by atoms with Crippen molar-refractivity contribution < 1.29 is 28.8 Å². The van der Waals surface area contributed by atoms with Crippen LogP contribution in [0, 0.1) is 19.8 Å². The van der Waals surface area contributed by atoms with Crippen molar-refractivity contribution in [2.75, 3.05) is 42.7 Å². The number of carbonyl (C=O) groups excluding carboxylic acids is 3. The number of aryl methyl sites for hydroxylation is 2. The number of para-hydroxylation sites is 2. The summed E-state index contributed by atoms with van der Waals surface area (Å²) in [6, 6.07) is 12.6. The minimum absolute atomic E-state index is 0.176. The molecule has 1 aliphatic rings. The van der Waals surface area contributed by atoms with Gasteiger partial charge >= 0.3 is 12.1 Å². The van der Waals surface area contributed by atoms with Crippen molar-refractivity contribution in [3.05, 3.63) is 65.5 Å². The summed E-state index contributed by atoms with van der Waals surface area (Å²) in [6.07, 6.45) is -0.560. The van der Waals surface area contributed by atoms with Gasteiger partial charge in [0.2, 0.25) is 0 Å². The van der Waals surface area contributed by atoms with Gasteiger partial charge in [-0.25, -0.2) is 9.59 Å². The number of likely N-dealkylation sites (N-methyl/N-ethyl adjacent to an activating group) is 1. The molecule has 4 N–H and O–H groups in total. The normalized spacial score (nSPS) is 17.4. The van der Waals surface area contributed by atoms with E-state index in [1.165, 1.54) is 4.90 Å². The number of fused-ring (bicyclic) bond motifs is 1. The van der Waals surface area contributed by atoms with Gasteiger partial charge in [0.05, 0.1) is 30.4 Å². The maximum absolute atomic E-state index is 13.7. The lowest BCUT2D eigenvalue weighted by Gasteiger charge is -2.38. The van der Waals surface area contributed by atoms with Crippen LogP contribution in [0.15, 0.2) is 53.1 Å². The van der Waals surface area contributed by atoms with Crippen LogP contribution in [-0.4, -0.2) is 76.9 Å². The summed E-state index contributed by atoms with van der Waals surface area (Å²) in [5, 5.41) is 22.1. The van der Waals surface area contributed by atoms with Crippen LogP contribution in [0.1, 0.15) is 35.7 Å². The number of hydrogen-bond acceptors (Lipinski definition) is 7. The number of hydrogen-bond donors (Lipinski definition) is 4. The molecule has 0 unspecified atom stereocenters. The molecule has 5 amide bonds. The molecule has 0 aliphatic carbocycles. The maximum Gasteiger partial charge on any atom is 0.323 e. The average molecular weight is 565 g/mol. The van der Waals surface area contributed by atoms with Crippen LogP contribution in [0.4, 0.5) is 26.7 Å². The molecule has 0 saturated heterocycles. The SMILES string of the molecule is Cc1noc(C)c1NC(=O)Nc1cccc2c1O[C@@H](CN(C)C(=O)Nc1ccccc1)[C@H](C)CN([C@H](C)CO)C2=O. The number of carbonyl (C=O) groups is 3. The Hall–Kier alpha value is -4.58. The summed E-state index contributed by atoms with van der Waals surface area (Å²) in [4.78, 5) is 42.7. The Morgan fingerprint density at radius 3 is 2.51 bits per heavy atom. The van der Waals surface area contributed by atoms with Crippen LogP contribution in [0.25, 0.3) is 0 Å². The summed E-state index contributed by atoms with van der Waals surface area (Å²) in [6.45, 7) is 7.33. The van der Waals surface area contributed by atoms with E-state index in [1.54, 1.807) is 63.1 Å². The van der Waals surface area contributed by atoms with Crippen molar-refractivity contribution in [3.8, 4) is 5.75 Å². The molecular weight excluding hydrogens is 528 g/mol. The van der Waals surface area contributed by atoms with Crippen LogP contribution in [-0.2, 0) is 0 Å². The third-order valence-corrected chi connectivity index (χ3v) is 7.04. The van der Waals surface area contributed by atoms with E-state index in [0.29, 0.717) is 29.4 Å². The highest BCUT2D eigenvalue weighted by molar-refractivity contribution is 6.04. The van der Waals surface area contributed by atoms with E-state index in [-0.39, 0.29) is 48.0 Å². The van der Waals surface area contributed by atoms with Gasteiger partial charge in [-0.15, -0.1) is 0 Å². The summed E-state index contributed by atoms with van der Waals surface area (Å²) in [5.74, 6) is 0.0517. The highest BCUT2D eigenvalue weighted by atomic mass is 16.5. The van der Waals surface area contributed by atoms with E-state index in [1.807, 2.05) is 25.1 Å². The van der Waals surface area contributed by atoms with Crippen LogP contribution < -0.4 is 20.7 Å². The molecule has 1 aliphatic heterocycles. The average Bonchev–Trinajstić information content (AvgIpc) is 3.27. The molecular formula is C29H36N6O6. The second-order valence-electron chi connectivity index (χ2n) is 10.3. The lowest BCUT2D eigenvalue weighted by molar-refractivity contribution is 0.0373. The highest BCUT2D eigenvalue weighted by Crippen LogP contribution is 2.35. The predicted octanol–water partition coefficient (Wildman–Crippen LogP) is 4.32. The molecule has 2 heterocycles. The third kappa shape index (κ3) is 6.77. The van der Waals surface area contributed by atoms with Crippen LogP contribution in [0.5, 0.6) is 5.75 Å². The molecule has 4 rings (SSSR count). The van der Waals surface area contributed by atoms with E-state index in [0.717, 1.165) is 0 Å². The topological polar surface area (TPSA) is 149 Å². The fourth-order valence-corrected chi connectivity index (χ4v) is 4.58. The Kier molecular flexibility index (Phi) is 9.13. The largest absolute Gasteiger partial charge is 0.485 e. The molecule has 0 bridgehead atoms. The molecule has 12 heteroatoms. The van der Waals surface area contributed by atoms with E-state index in [9.17, 15) is 19.5 Å². The number of benzene rings is 2. The molecule has 3 atom stereocenters. The third-order valence-electron chi connectivity index (χ3n) is 7.04. The van der Waals surface area contributed by atoms with Gasteiger partial charge < -0.3 is 40.1 Å². The number of aliphatic hydroxyl groups is 1. The molecule has 1 aromatic heterocycles. The van der Waals surface area contributed by atoms with Gasteiger partial charge in [0, 0.05) is 25.2 Å². The quantitative estimate of drug-likeness (QED) is 0.334. The molecule has 0 radical (unpaired) electrons. The molecule has 0 saturated carbocycles. The molecule has 3 aromatic rings. The number of urea groups is 2. The summed E-state index contributed by atoms with van der Waals surface area (Å²) >= 11 is 0. The number of nitrogens with zero attached hydrogens (tertiary/aromatic N) is 3. The lowest BCUT2D eigenvalue weighted by atomic mass is 9.99. The first-order chi connectivity index (χ1) is 19.6. The van der Waals surface area contributed by atoms with Gasteiger partial charge in [-0.2, -0.15) is 0 Å². The Morgan fingerprint density at radius 2 is 1.85 bits per heavy atom. The van der Waals surface area contributed by atoms with Crippen LogP contribution in [0.2, 0.25) is 0 Å². The van der Waals surface area contributed by atoms with Crippen molar-refractivity contribution in [1.82, 2.24) is 15.0 Å². The summed E-state index contributed by atoms with van der Waals surface area (Å²) in [5.41, 5.74) is 2.12. The van der Waals surface area contributed by atoms with Crippen molar-refractivity contribution in [2.45, 2.75) is 39.8 Å². The molecule has 0 fully saturated rings. The molecule has 218 valence electrons. The Balaban J connectivity index is 1.63. The number of rotatable bonds is 7. The van der Waals surface area contributed by atoms with Crippen LogP contribution >= 0.6 is 0 Å². The number of aromatic nitrogens is 1. The van der Waals surface area contributed by atoms with Crippen molar-refractivity contribution in [2.24, 2.45) is 5.92 Å². The molecule has 0 spiro atoms. The number of amides is 5. The first-order valence-electron chi connectivity index (χ1n) is 13.4. The summed E-state index contributed by atoms with van der Waals surface area (Å²) < 4.78 is 11.6. The highest BCUT2D eigenvalue weighted by Gasteiger charge is 2.35. The first-order valence-corrected chi connectivity index (χ1v) is 13.4. The van der Waals surface area contributed by atoms with Gasteiger partial charge in [-0.3, -0.25) is 4.79 Å². The minimum Gasteiger partial charge on any atom is -0.485 e. The van der Waals surface area contributed by atoms with Gasteiger partial charge in [-0.1, -0.05) is 36.3 Å². The fourth-order valence-electron chi connectivity index (χ4n) is 4.58. The van der Waals surface area contributed by atoms with Crippen molar-refractivity contribution >= 4 is 35.0 Å². The Labute approximate surface area is 238 Å². The number of nitrogens with one attached hydrogen (secondary N) is 3. The number of ether oxygens (including phenoxy) is 1. The van der Waals surface area contributed by atoms with Crippen molar-refractivity contribution in [1.29, 1.82) is 0 Å². The zero-order chi connectivity index (χ0) is 29.7. The Morgan fingerprint density at radius 1 is 1.12 bits per heavy atom. The zero-order valence-electron chi connectivity index (χ0n) is 23.8. The maximum atomic E-state index is 13.7. The Bertz CT molecular complexity index is 1370. The fraction of sp³-hybridized carbons (Fsp3) is 0.379. The summed E-state index contributed by atoms with van der Waals surface area (Å²) in [7, 11) is 1.66. The first kappa shape index (κ1) is 29.4. The van der Waals surface area contributed by atoms with E-state index >= 15 is 0 Å². The molecule has 12 nitrogen and oxygen atoms in total. The van der Waals surface area contributed by atoms with Crippen molar-refractivity contribution in [3.63, 3.8) is 0 Å². The van der Waals surface area contributed by atoms with Gasteiger partial charge in [0.1, 0.15) is 17.5 Å². The lowest BCUT2D eigenvalue weighted by Crippen LogP contribution is -2.50. The molecule has 2 aromatic carbocycles. The smallest absolute Gasteiger partial charge is 0.323 e. The second kappa shape index (κ2) is 12.7. The van der Waals surface area contributed by atoms with E-state index in [2.05, 4.69) is 21.1 Å². The zero-order valence-corrected chi connectivity index (χ0v) is 23.8. The monoisotopic (exact) mass is 564 g/mol. The minimum atomic E-state index is -0.574. The van der Waals surface area contributed by atoms with Gasteiger partial charge in [0.15, 0.2) is 11.5 Å². The van der Waals surface area contributed by atoms with Gasteiger partial charge in [-0.05, 0) is 45.0 Å². The number of aliphatic hydroxyl groups excluding tert-OH is 1. The van der Waals surface area contributed by atoms with Crippen LogP contribution in [0.3, 0.4) is 0 Å². The van der Waals surface area contributed by atoms with Gasteiger partial charge in [0.25, 0.3) is 5.91 Å². The molecule has 41 heavy (non-hydrogen) atoms. The predicted molar refractivity (Wildman–Crippen MR) is 154 cm³/mol.